The Bertz CT molecular complexity index is 1040. The van der Waals surface area contributed by atoms with Crippen molar-refractivity contribution >= 4 is 34.2 Å². The predicted molar refractivity (Wildman–Crippen MR) is 94.5 cm³/mol. The van der Waals surface area contributed by atoms with Gasteiger partial charge in [0.1, 0.15) is 5.65 Å². The Morgan fingerprint density at radius 2 is 2.24 bits per heavy atom. The molecule has 0 spiro atoms. The van der Waals surface area contributed by atoms with Crippen LogP contribution in [0.15, 0.2) is 29.1 Å². The molecule has 1 saturated heterocycles. The van der Waals surface area contributed by atoms with Crippen LogP contribution in [0.5, 0.6) is 0 Å². The van der Waals surface area contributed by atoms with E-state index in [1.165, 1.54) is 4.90 Å². The number of hydrogen-bond acceptors (Lipinski definition) is 3. The highest BCUT2D eigenvalue weighted by Gasteiger charge is 2.31. The lowest BCUT2D eigenvalue weighted by Crippen LogP contribution is -2.43. The van der Waals surface area contributed by atoms with Gasteiger partial charge in [0.2, 0.25) is 0 Å². The van der Waals surface area contributed by atoms with Gasteiger partial charge in [-0.25, -0.2) is 9.31 Å². The molecule has 2 N–H and O–H groups in total. The first-order valence-corrected chi connectivity index (χ1v) is 8.53. The van der Waals surface area contributed by atoms with E-state index in [0.717, 1.165) is 11.1 Å². The molecule has 0 radical (unpaired) electrons. The van der Waals surface area contributed by atoms with Gasteiger partial charge in [0, 0.05) is 24.6 Å². The lowest BCUT2D eigenvalue weighted by molar-refractivity contribution is 0.106. The first-order chi connectivity index (χ1) is 12.0. The maximum absolute atomic E-state index is 12.2. The molecule has 130 valence electrons. The summed E-state index contributed by atoms with van der Waals surface area (Å²) in [6, 6.07) is 6.89. The summed E-state index contributed by atoms with van der Waals surface area (Å²) in [7, 11) is 0. The van der Waals surface area contributed by atoms with E-state index in [1.54, 1.807) is 16.6 Å². The molecule has 1 aromatic carbocycles. The molecule has 7 nitrogen and oxygen atoms in total. The molecular formula is C17H17ClN4O3. The van der Waals surface area contributed by atoms with Crippen molar-refractivity contribution in [3.8, 4) is 0 Å². The standard InChI is InChI=1S/C17H17ClN4O3/c1-9-7-10(5-6-21(9)17(24)25)13-8-14(23)19-16-15-11(18)3-2-4-12(15)20-22(13)16/h2-4,8-10H,5-7H2,1H3,(H,19,23)(H,24,25). The van der Waals surface area contributed by atoms with Crippen LogP contribution in [-0.2, 0) is 0 Å². The highest BCUT2D eigenvalue weighted by Crippen LogP contribution is 2.33. The molecule has 3 aromatic rings. The number of nitrogens with zero attached hydrogens (tertiary/aromatic N) is 3. The highest BCUT2D eigenvalue weighted by atomic mass is 35.5. The number of benzene rings is 1. The largest absolute Gasteiger partial charge is 0.465 e. The molecule has 25 heavy (non-hydrogen) atoms. The SMILES string of the molecule is CC1CC(c2cc(=O)[nH]c3c4c(Cl)cccc4nn23)CCN1C(=O)O. The zero-order chi connectivity index (χ0) is 17.7. The number of carboxylic acid groups (broad SMARTS) is 1. The minimum absolute atomic E-state index is 0.0588. The number of fused-ring (bicyclic) bond motifs is 3. The van der Waals surface area contributed by atoms with Crippen LogP contribution >= 0.6 is 11.6 Å². The van der Waals surface area contributed by atoms with Gasteiger partial charge in [-0.05, 0) is 31.9 Å². The van der Waals surface area contributed by atoms with Crippen LogP contribution in [0, 0.1) is 0 Å². The third-order valence-electron chi connectivity index (χ3n) is 4.95. The van der Waals surface area contributed by atoms with Gasteiger partial charge >= 0.3 is 6.09 Å². The van der Waals surface area contributed by atoms with Crippen molar-refractivity contribution in [2.75, 3.05) is 6.54 Å². The second kappa shape index (κ2) is 5.77. The topological polar surface area (TPSA) is 90.7 Å². The number of hydrogen-bond donors (Lipinski definition) is 2. The molecule has 1 aliphatic rings. The van der Waals surface area contributed by atoms with Crippen LogP contribution in [0.1, 0.15) is 31.4 Å². The van der Waals surface area contributed by atoms with E-state index in [0.29, 0.717) is 35.6 Å². The quantitative estimate of drug-likeness (QED) is 0.697. The van der Waals surface area contributed by atoms with Gasteiger partial charge in [-0.3, -0.25) is 4.79 Å². The number of likely N-dealkylation sites (tertiary alicyclic amines) is 1. The van der Waals surface area contributed by atoms with E-state index >= 15 is 0 Å². The average molecular weight is 361 g/mol. The van der Waals surface area contributed by atoms with E-state index in [9.17, 15) is 14.7 Å². The summed E-state index contributed by atoms with van der Waals surface area (Å²) in [6.45, 7) is 2.33. The van der Waals surface area contributed by atoms with Gasteiger partial charge in [-0.15, -0.1) is 0 Å². The number of nitrogens with one attached hydrogen (secondary N) is 1. The van der Waals surface area contributed by atoms with E-state index in [-0.39, 0.29) is 17.5 Å². The number of H-pyrrole nitrogens is 1. The van der Waals surface area contributed by atoms with Crippen LogP contribution < -0.4 is 5.56 Å². The fraction of sp³-hybridized carbons (Fsp3) is 0.353. The Morgan fingerprint density at radius 1 is 1.44 bits per heavy atom. The summed E-state index contributed by atoms with van der Waals surface area (Å²) >= 11 is 6.30. The van der Waals surface area contributed by atoms with Gasteiger partial charge in [-0.2, -0.15) is 5.10 Å². The molecule has 2 atom stereocenters. The number of amides is 1. The van der Waals surface area contributed by atoms with Gasteiger partial charge < -0.3 is 15.0 Å². The normalized spacial score (nSPS) is 21.1. The van der Waals surface area contributed by atoms with Crippen LogP contribution in [0.2, 0.25) is 5.02 Å². The van der Waals surface area contributed by atoms with Crippen molar-refractivity contribution in [3.63, 3.8) is 0 Å². The lowest BCUT2D eigenvalue weighted by Gasteiger charge is -2.35. The highest BCUT2D eigenvalue weighted by molar-refractivity contribution is 6.36. The maximum atomic E-state index is 12.2. The summed E-state index contributed by atoms with van der Waals surface area (Å²) in [5, 5.41) is 15.1. The van der Waals surface area contributed by atoms with Gasteiger partial charge in [0.15, 0.2) is 0 Å². The zero-order valence-electron chi connectivity index (χ0n) is 13.6. The van der Waals surface area contributed by atoms with E-state index in [2.05, 4.69) is 10.1 Å². The molecule has 2 unspecified atom stereocenters. The molecule has 0 saturated carbocycles. The van der Waals surface area contributed by atoms with Crippen molar-refractivity contribution < 1.29 is 9.90 Å². The molecule has 4 rings (SSSR count). The van der Waals surface area contributed by atoms with Crippen LogP contribution in [0.3, 0.4) is 0 Å². The Balaban J connectivity index is 1.86. The second-order valence-corrected chi connectivity index (χ2v) is 6.91. The molecule has 1 amide bonds. The first kappa shape index (κ1) is 16.0. The van der Waals surface area contributed by atoms with Crippen molar-refractivity contribution in [1.29, 1.82) is 0 Å². The van der Waals surface area contributed by atoms with Crippen molar-refractivity contribution in [2.24, 2.45) is 0 Å². The second-order valence-electron chi connectivity index (χ2n) is 6.50. The Hall–Kier alpha value is -2.54. The van der Waals surface area contributed by atoms with Crippen molar-refractivity contribution in [1.82, 2.24) is 19.5 Å². The maximum Gasteiger partial charge on any atom is 0.407 e. The minimum atomic E-state index is -0.904. The zero-order valence-corrected chi connectivity index (χ0v) is 14.3. The number of halogens is 1. The Morgan fingerprint density at radius 3 is 2.96 bits per heavy atom. The van der Waals surface area contributed by atoms with Crippen molar-refractivity contribution in [2.45, 2.75) is 31.7 Å². The monoisotopic (exact) mass is 360 g/mol. The number of carbonyl (C=O) groups is 1. The van der Waals surface area contributed by atoms with E-state index < -0.39 is 6.09 Å². The fourth-order valence-corrected chi connectivity index (χ4v) is 4.02. The summed E-state index contributed by atoms with van der Waals surface area (Å²) in [5.41, 5.74) is 1.88. The average Bonchev–Trinajstić information content (AvgIpc) is 2.93. The molecule has 1 aliphatic heterocycles. The third kappa shape index (κ3) is 2.55. The summed E-state index contributed by atoms with van der Waals surface area (Å²) in [6.07, 6.45) is 0.395. The smallest absolute Gasteiger partial charge is 0.407 e. The molecular weight excluding hydrogens is 344 g/mol. The van der Waals surface area contributed by atoms with Crippen LogP contribution in [-0.4, -0.2) is 43.3 Å². The number of aromatic amines is 1. The molecule has 2 aromatic heterocycles. The Kier molecular flexibility index (Phi) is 3.68. The lowest BCUT2D eigenvalue weighted by atomic mass is 9.89. The number of rotatable bonds is 1. The molecule has 0 bridgehead atoms. The molecule has 1 fully saturated rings. The third-order valence-corrected chi connectivity index (χ3v) is 5.27. The minimum Gasteiger partial charge on any atom is -0.465 e. The van der Waals surface area contributed by atoms with E-state index in [4.69, 9.17) is 11.6 Å². The van der Waals surface area contributed by atoms with Crippen LogP contribution in [0.25, 0.3) is 16.6 Å². The molecule has 0 aliphatic carbocycles. The first-order valence-electron chi connectivity index (χ1n) is 8.15. The summed E-state index contributed by atoms with van der Waals surface area (Å²) in [5.74, 6) is 0.0588. The van der Waals surface area contributed by atoms with E-state index in [1.807, 2.05) is 19.1 Å². The number of aromatic nitrogens is 3. The Labute approximate surface area is 147 Å². The predicted octanol–water partition coefficient (Wildman–Crippen LogP) is 3.08. The van der Waals surface area contributed by atoms with Gasteiger partial charge in [0.05, 0.1) is 21.6 Å². The number of piperidine rings is 1. The summed E-state index contributed by atoms with van der Waals surface area (Å²) < 4.78 is 1.74. The molecule has 8 heteroatoms. The summed E-state index contributed by atoms with van der Waals surface area (Å²) in [4.78, 5) is 27.7. The van der Waals surface area contributed by atoms with Gasteiger partial charge in [0.25, 0.3) is 5.56 Å². The van der Waals surface area contributed by atoms with Gasteiger partial charge in [-0.1, -0.05) is 17.7 Å². The van der Waals surface area contributed by atoms with Crippen molar-refractivity contribution in [3.05, 3.63) is 45.3 Å². The fourth-order valence-electron chi connectivity index (χ4n) is 3.76. The molecule has 3 heterocycles. The van der Waals surface area contributed by atoms with Crippen LogP contribution in [0.4, 0.5) is 4.79 Å².